The third kappa shape index (κ3) is 3.50. The van der Waals surface area contributed by atoms with Crippen molar-refractivity contribution in [2.24, 2.45) is 0 Å². The van der Waals surface area contributed by atoms with Crippen LogP contribution in [-0.2, 0) is 4.74 Å². The molecule has 0 saturated heterocycles. The Morgan fingerprint density at radius 3 is 2.00 bits per heavy atom. The van der Waals surface area contributed by atoms with Gasteiger partial charge in [0.1, 0.15) is 0 Å². The summed E-state index contributed by atoms with van der Waals surface area (Å²) in [5.41, 5.74) is 0. The second-order valence-corrected chi connectivity index (χ2v) is 1.80. The fraction of sp³-hybridized carbons (Fsp3) is 1.00. The Hall–Kier alpha value is -0.390. The lowest BCUT2D eigenvalue weighted by Gasteiger charge is -2.17. The van der Waals surface area contributed by atoms with E-state index >= 15 is 0 Å². The lowest BCUT2D eigenvalue weighted by molar-refractivity contribution is -0.336. The Kier molecular flexibility index (Phi) is 3.71. The first-order valence-corrected chi connectivity index (χ1v) is 2.88. The minimum absolute atomic E-state index is 0.387. The predicted molar refractivity (Wildman–Crippen MR) is 27.2 cm³/mol. The minimum atomic E-state index is -4.69. The Labute approximate surface area is 60.1 Å². The van der Waals surface area contributed by atoms with E-state index < -0.39 is 18.9 Å². The maximum absolute atomic E-state index is 12.0. The van der Waals surface area contributed by atoms with Gasteiger partial charge in [-0.25, -0.2) is 13.2 Å². The first kappa shape index (κ1) is 10.6. The molecular formula is C5H7F5O. The number of rotatable bonds is 4. The molecule has 0 N–H and O–H groups in total. The van der Waals surface area contributed by atoms with Gasteiger partial charge in [-0.05, 0) is 0 Å². The molecule has 0 aromatic rings. The average Bonchev–Trinajstić information content (AvgIpc) is 1.86. The normalized spacial score (nSPS) is 15.5. The van der Waals surface area contributed by atoms with Crippen LogP contribution in [0.2, 0.25) is 0 Å². The van der Waals surface area contributed by atoms with Gasteiger partial charge in [0, 0.05) is 6.42 Å². The molecule has 0 aliphatic heterocycles. The summed E-state index contributed by atoms with van der Waals surface area (Å²) < 4.78 is 61.1. The topological polar surface area (TPSA) is 9.23 Å². The second kappa shape index (κ2) is 3.85. The van der Waals surface area contributed by atoms with Crippen molar-refractivity contribution in [3.8, 4) is 0 Å². The molecule has 0 spiro atoms. The van der Waals surface area contributed by atoms with E-state index in [1.807, 2.05) is 0 Å². The molecule has 1 nitrogen and oxygen atoms in total. The van der Waals surface area contributed by atoms with Crippen LogP contribution in [0, 0.1) is 0 Å². The van der Waals surface area contributed by atoms with E-state index in [0.29, 0.717) is 0 Å². The first-order chi connectivity index (χ1) is 4.90. The Bertz CT molecular complexity index is 115. The van der Waals surface area contributed by atoms with Crippen molar-refractivity contribution in [3.63, 3.8) is 0 Å². The molecule has 0 aromatic carbocycles. The van der Waals surface area contributed by atoms with E-state index in [-0.39, 0.29) is 6.42 Å². The molecule has 0 heterocycles. The molecule has 0 radical (unpaired) electrons. The van der Waals surface area contributed by atoms with Crippen LogP contribution in [0.3, 0.4) is 0 Å². The van der Waals surface area contributed by atoms with Gasteiger partial charge >= 0.3 is 12.5 Å². The summed E-state index contributed by atoms with van der Waals surface area (Å²) in [6.45, 7) is 1.20. The molecule has 0 aliphatic rings. The van der Waals surface area contributed by atoms with E-state index in [9.17, 15) is 22.0 Å². The lowest BCUT2D eigenvalue weighted by atomic mass is 10.5. The highest BCUT2D eigenvalue weighted by atomic mass is 19.3. The third-order valence-corrected chi connectivity index (χ3v) is 0.860. The molecular weight excluding hydrogens is 171 g/mol. The van der Waals surface area contributed by atoms with E-state index in [1.165, 1.54) is 6.92 Å². The van der Waals surface area contributed by atoms with Gasteiger partial charge in [-0.2, -0.15) is 8.78 Å². The number of ether oxygens (including phenoxy) is 1. The largest absolute Gasteiger partial charge is 0.418 e. The summed E-state index contributed by atoms with van der Waals surface area (Å²) in [6, 6.07) is 0. The van der Waals surface area contributed by atoms with Crippen LogP contribution in [0.4, 0.5) is 22.0 Å². The second-order valence-electron chi connectivity index (χ2n) is 1.80. The average molecular weight is 178 g/mol. The zero-order valence-corrected chi connectivity index (χ0v) is 5.66. The van der Waals surface area contributed by atoms with Crippen LogP contribution in [0.25, 0.3) is 0 Å². The smallest absolute Gasteiger partial charge is 0.281 e. The van der Waals surface area contributed by atoms with Gasteiger partial charge in [0.15, 0.2) is 0 Å². The number of hydrogen-bond acceptors (Lipinski definition) is 1. The SMILES string of the molecule is CCC(F)OC(F)(F)C(F)F. The Balaban J connectivity index is 3.90. The number of hydrogen-bond donors (Lipinski definition) is 0. The van der Waals surface area contributed by atoms with Gasteiger partial charge in [-0.1, -0.05) is 6.92 Å². The summed E-state index contributed by atoms with van der Waals surface area (Å²) in [7, 11) is 0. The van der Waals surface area contributed by atoms with Gasteiger partial charge in [-0.3, -0.25) is 4.74 Å². The first-order valence-electron chi connectivity index (χ1n) is 2.88. The van der Waals surface area contributed by atoms with Crippen LogP contribution in [0.15, 0.2) is 0 Å². The van der Waals surface area contributed by atoms with E-state index in [0.717, 1.165) is 0 Å². The fourth-order valence-corrected chi connectivity index (χ4v) is 0.305. The van der Waals surface area contributed by atoms with Gasteiger partial charge in [0.05, 0.1) is 0 Å². The standard InChI is InChI=1S/C5H7F5O/c1-2-3(6)11-5(9,10)4(7)8/h3-4H,2H2,1H3. The van der Waals surface area contributed by atoms with Crippen molar-refractivity contribution in [2.45, 2.75) is 32.2 Å². The van der Waals surface area contributed by atoms with Crippen molar-refractivity contribution in [1.82, 2.24) is 0 Å². The molecule has 0 saturated carbocycles. The molecule has 1 unspecified atom stereocenters. The highest BCUT2D eigenvalue weighted by Gasteiger charge is 2.44. The van der Waals surface area contributed by atoms with Crippen molar-refractivity contribution >= 4 is 0 Å². The summed E-state index contributed by atoms with van der Waals surface area (Å²) in [6.07, 6.45) is -11.4. The molecule has 0 aromatic heterocycles. The number of alkyl halides is 5. The molecule has 0 bridgehead atoms. The Morgan fingerprint density at radius 2 is 1.73 bits per heavy atom. The highest BCUT2D eigenvalue weighted by molar-refractivity contribution is 4.55. The molecule has 1 atom stereocenters. The molecule has 68 valence electrons. The minimum Gasteiger partial charge on any atom is -0.281 e. The van der Waals surface area contributed by atoms with E-state index in [1.54, 1.807) is 0 Å². The zero-order chi connectivity index (χ0) is 9.07. The van der Waals surface area contributed by atoms with Crippen LogP contribution >= 0.6 is 0 Å². The van der Waals surface area contributed by atoms with Crippen LogP contribution in [0.5, 0.6) is 0 Å². The predicted octanol–water partition coefficient (Wildman–Crippen LogP) is 2.57. The summed E-state index contributed by atoms with van der Waals surface area (Å²) in [5, 5.41) is 0. The van der Waals surface area contributed by atoms with Crippen molar-refractivity contribution in [1.29, 1.82) is 0 Å². The molecule has 0 fully saturated rings. The molecule has 11 heavy (non-hydrogen) atoms. The molecule has 0 amide bonds. The summed E-state index contributed by atoms with van der Waals surface area (Å²) in [5.74, 6) is 0. The monoisotopic (exact) mass is 178 g/mol. The van der Waals surface area contributed by atoms with Gasteiger partial charge in [-0.15, -0.1) is 0 Å². The summed E-state index contributed by atoms with van der Waals surface area (Å²) in [4.78, 5) is 0. The fourth-order valence-electron chi connectivity index (χ4n) is 0.305. The zero-order valence-electron chi connectivity index (χ0n) is 5.66. The lowest BCUT2D eigenvalue weighted by Crippen LogP contribution is -2.33. The molecule has 0 rings (SSSR count). The maximum atomic E-state index is 12.0. The summed E-state index contributed by atoms with van der Waals surface area (Å²) >= 11 is 0. The van der Waals surface area contributed by atoms with E-state index in [2.05, 4.69) is 4.74 Å². The van der Waals surface area contributed by atoms with Gasteiger partial charge in [0.25, 0.3) is 0 Å². The van der Waals surface area contributed by atoms with E-state index in [4.69, 9.17) is 0 Å². The highest BCUT2D eigenvalue weighted by Crippen LogP contribution is 2.26. The van der Waals surface area contributed by atoms with Crippen LogP contribution < -0.4 is 0 Å². The molecule has 6 heteroatoms. The van der Waals surface area contributed by atoms with Gasteiger partial charge < -0.3 is 0 Å². The quantitative estimate of drug-likeness (QED) is 0.601. The maximum Gasteiger partial charge on any atom is 0.418 e. The number of halogens is 5. The third-order valence-electron chi connectivity index (χ3n) is 0.860. The van der Waals surface area contributed by atoms with Crippen molar-refractivity contribution in [3.05, 3.63) is 0 Å². The molecule has 0 aliphatic carbocycles. The van der Waals surface area contributed by atoms with Crippen molar-refractivity contribution < 1.29 is 26.7 Å². The van der Waals surface area contributed by atoms with Crippen LogP contribution in [0.1, 0.15) is 13.3 Å². The van der Waals surface area contributed by atoms with Crippen LogP contribution in [-0.4, -0.2) is 18.9 Å². The van der Waals surface area contributed by atoms with Crippen molar-refractivity contribution in [2.75, 3.05) is 0 Å². The Morgan fingerprint density at radius 1 is 1.27 bits per heavy atom. The van der Waals surface area contributed by atoms with Gasteiger partial charge in [0.2, 0.25) is 6.36 Å².